The van der Waals surface area contributed by atoms with Crippen LogP contribution in [0, 0.1) is 0 Å². The number of ether oxygens (including phenoxy) is 1. The number of halogens is 1. The molecule has 1 aliphatic carbocycles. The molecule has 0 atom stereocenters. The number of esters is 1. The number of pyridine rings is 1. The van der Waals surface area contributed by atoms with Crippen LogP contribution in [0.5, 0.6) is 0 Å². The van der Waals surface area contributed by atoms with Crippen LogP contribution in [0.2, 0.25) is 0 Å². The van der Waals surface area contributed by atoms with Crippen molar-refractivity contribution in [2.75, 3.05) is 18.1 Å². The van der Waals surface area contributed by atoms with Gasteiger partial charge in [-0.25, -0.2) is 4.98 Å². The van der Waals surface area contributed by atoms with E-state index in [-0.39, 0.29) is 12.5 Å². The summed E-state index contributed by atoms with van der Waals surface area (Å²) in [5, 5.41) is 0. The van der Waals surface area contributed by atoms with Gasteiger partial charge in [-0.1, -0.05) is 0 Å². The summed E-state index contributed by atoms with van der Waals surface area (Å²) in [4.78, 5) is 17.9. The second-order valence-electron chi connectivity index (χ2n) is 4.00. The number of nitrogens with zero attached hydrogens (tertiary/aromatic N) is 2. The summed E-state index contributed by atoms with van der Waals surface area (Å²) in [5.41, 5.74) is 0. The fraction of sp³-hybridized carbons (Fsp3) is 0.500. The van der Waals surface area contributed by atoms with Crippen molar-refractivity contribution in [3.63, 3.8) is 0 Å². The summed E-state index contributed by atoms with van der Waals surface area (Å²) in [6, 6.07) is 4.29. The number of rotatable bonds is 5. The van der Waals surface area contributed by atoms with Gasteiger partial charge in [-0.2, -0.15) is 0 Å². The minimum Gasteiger partial charge on any atom is -0.465 e. The third-order valence-corrected chi connectivity index (χ3v) is 3.07. The number of carbonyl (C=O) groups excluding carboxylic acids is 1. The largest absolute Gasteiger partial charge is 0.465 e. The average molecular weight is 299 g/mol. The van der Waals surface area contributed by atoms with Gasteiger partial charge in [0.15, 0.2) is 0 Å². The molecule has 1 aromatic rings. The van der Waals surface area contributed by atoms with E-state index in [9.17, 15) is 4.79 Å². The molecular weight excluding hydrogens is 284 g/mol. The van der Waals surface area contributed by atoms with E-state index in [4.69, 9.17) is 4.74 Å². The molecule has 0 aromatic carbocycles. The predicted molar refractivity (Wildman–Crippen MR) is 68.9 cm³/mol. The van der Waals surface area contributed by atoms with Crippen LogP contribution in [0.3, 0.4) is 0 Å². The average Bonchev–Trinajstić information content (AvgIpc) is 3.12. The molecule has 0 N–H and O–H groups in total. The molecule has 1 aromatic heterocycles. The zero-order valence-electron chi connectivity index (χ0n) is 9.73. The maximum atomic E-state index is 11.5. The van der Waals surface area contributed by atoms with E-state index >= 15 is 0 Å². The maximum Gasteiger partial charge on any atom is 0.325 e. The molecule has 0 spiro atoms. The zero-order valence-corrected chi connectivity index (χ0v) is 11.3. The molecule has 17 heavy (non-hydrogen) atoms. The summed E-state index contributed by atoms with van der Waals surface area (Å²) in [6.07, 6.45) is 3.99. The molecule has 92 valence electrons. The summed E-state index contributed by atoms with van der Waals surface area (Å²) in [6.45, 7) is 2.52. The number of carbonyl (C=O) groups is 1. The van der Waals surface area contributed by atoms with Gasteiger partial charge in [-0.05, 0) is 47.8 Å². The highest BCUT2D eigenvalue weighted by Crippen LogP contribution is 2.30. The number of hydrogen-bond donors (Lipinski definition) is 0. The van der Waals surface area contributed by atoms with Gasteiger partial charge in [0.25, 0.3) is 0 Å². The monoisotopic (exact) mass is 298 g/mol. The number of anilines is 1. The lowest BCUT2D eigenvalue weighted by molar-refractivity contribution is -0.141. The molecule has 0 radical (unpaired) electrons. The first kappa shape index (κ1) is 12.4. The molecule has 1 aliphatic rings. The molecule has 2 rings (SSSR count). The van der Waals surface area contributed by atoms with Crippen LogP contribution < -0.4 is 4.90 Å². The predicted octanol–water partition coefficient (Wildman–Crippen LogP) is 2.38. The van der Waals surface area contributed by atoms with Crippen LogP contribution in [0.4, 0.5) is 5.82 Å². The second-order valence-corrected chi connectivity index (χ2v) is 4.91. The molecule has 4 nitrogen and oxygen atoms in total. The fourth-order valence-electron chi connectivity index (χ4n) is 1.67. The third kappa shape index (κ3) is 3.43. The topological polar surface area (TPSA) is 42.4 Å². The minimum atomic E-state index is -0.191. The first-order chi connectivity index (χ1) is 8.20. The summed E-state index contributed by atoms with van der Waals surface area (Å²) in [5.74, 6) is 0.646. The third-order valence-electron chi connectivity index (χ3n) is 2.60. The van der Waals surface area contributed by atoms with Crippen LogP contribution in [-0.4, -0.2) is 30.1 Å². The molecule has 0 bridgehead atoms. The molecule has 1 fully saturated rings. The molecule has 0 unspecified atom stereocenters. The van der Waals surface area contributed by atoms with Gasteiger partial charge >= 0.3 is 5.97 Å². The Morgan fingerprint density at radius 2 is 2.35 bits per heavy atom. The van der Waals surface area contributed by atoms with Crippen molar-refractivity contribution in [3.05, 3.63) is 22.8 Å². The van der Waals surface area contributed by atoms with Crippen molar-refractivity contribution >= 4 is 27.7 Å². The van der Waals surface area contributed by atoms with E-state index in [1.54, 1.807) is 6.20 Å². The molecule has 5 heteroatoms. The Kier molecular flexibility index (Phi) is 3.99. The first-order valence-corrected chi connectivity index (χ1v) is 6.54. The lowest BCUT2D eigenvalue weighted by Gasteiger charge is -2.22. The van der Waals surface area contributed by atoms with Gasteiger partial charge in [-0.3, -0.25) is 4.79 Å². The van der Waals surface area contributed by atoms with E-state index in [1.165, 1.54) is 0 Å². The summed E-state index contributed by atoms with van der Waals surface area (Å²) < 4.78 is 5.92. The van der Waals surface area contributed by atoms with Gasteiger partial charge in [0.2, 0.25) is 0 Å². The molecule has 0 amide bonds. The van der Waals surface area contributed by atoms with E-state index in [0.29, 0.717) is 12.6 Å². The second kappa shape index (κ2) is 5.49. The lowest BCUT2D eigenvalue weighted by atomic mass is 10.4. The molecule has 1 saturated carbocycles. The SMILES string of the molecule is CCOC(=O)CN(c1ccc(Br)cn1)C1CC1. The van der Waals surface area contributed by atoms with E-state index < -0.39 is 0 Å². The van der Waals surface area contributed by atoms with Gasteiger partial charge in [0.1, 0.15) is 12.4 Å². The Morgan fingerprint density at radius 1 is 1.59 bits per heavy atom. The number of hydrogen-bond acceptors (Lipinski definition) is 4. The van der Waals surface area contributed by atoms with Crippen LogP contribution in [-0.2, 0) is 9.53 Å². The van der Waals surface area contributed by atoms with Gasteiger partial charge in [0.05, 0.1) is 6.61 Å². The summed E-state index contributed by atoms with van der Waals surface area (Å²) in [7, 11) is 0. The Morgan fingerprint density at radius 3 is 2.88 bits per heavy atom. The fourth-order valence-corrected chi connectivity index (χ4v) is 1.90. The van der Waals surface area contributed by atoms with Crippen LogP contribution in [0.25, 0.3) is 0 Å². The van der Waals surface area contributed by atoms with E-state index in [2.05, 4.69) is 20.9 Å². The highest BCUT2D eigenvalue weighted by Gasteiger charge is 2.31. The molecule has 1 heterocycles. The van der Waals surface area contributed by atoms with Crippen LogP contribution >= 0.6 is 15.9 Å². The number of aromatic nitrogens is 1. The van der Waals surface area contributed by atoms with Crippen molar-refractivity contribution in [2.45, 2.75) is 25.8 Å². The quantitative estimate of drug-likeness (QED) is 0.783. The van der Waals surface area contributed by atoms with Crippen molar-refractivity contribution < 1.29 is 9.53 Å². The Hall–Kier alpha value is -1.10. The Labute approximate surface area is 109 Å². The van der Waals surface area contributed by atoms with Crippen LogP contribution in [0.15, 0.2) is 22.8 Å². The first-order valence-electron chi connectivity index (χ1n) is 5.74. The van der Waals surface area contributed by atoms with E-state index in [1.807, 2.05) is 24.0 Å². The van der Waals surface area contributed by atoms with Gasteiger partial charge in [0, 0.05) is 16.7 Å². The molecule has 0 aliphatic heterocycles. The zero-order chi connectivity index (χ0) is 12.3. The van der Waals surface area contributed by atoms with Crippen LogP contribution in [0.1, 0.15) is 19.8 Å². The van der Waals surface area contributed by atoms with Crippen molar-refractivity contribution in [2.24, 2.45) is 0 Å². The smallest absolute Gasteiger partial charge is 0.325 e. The van der Waals surface area contributed by atoms with Crippen molar-refractivity contribution in [3.8, 4) is 0 Å². The Balaban J connectivity index is 2.06. The molecular formula is C12H15BrN2O2. The highest BCUT2D eigenvalue weighted by atomic mass is 79.9. The minimum absolute atomic E-state index is 0.191. The maximum absolute atomic E-state index is 11.5. The Bertz CT molecular complexity index is 390. The van der Waals surface area contributed by atoms with Crippen molar-refractivity contribution in [1.29, 1.82) is 0 Å². The van der Waals surface area contributed by atoms with E-state index in [0.717, 1.165) is 23.1 Å². The standard InChI is InChI=1S/C12H15BrN2O2/c1-2-17-12(16)8-15(10-4-5-10)11-6-3-9(13)7-14-11/h3,6-7,10H,2,4-5,8H2,1H3. The summed E-state index contributed by atoms with van der Waals surface area (Å²) >= 11 is 3.35. The van der Waals surface area contributed by atoms with Gasteiger partial charge < -0.3 is 9.64 Å². The molecule has 0 saturated heterocycles. The lowest BCUT2D eigenvalue weighted by Crippen LogP contribution is -2.33. The van der Waals surface area contributed by atoms with Gasteiger partial charge in [-0.15, -0.1) is 0 Å². The van der Waals surface area contributed by atoms with Crippen molar-refractivity contribution in [1.82, 2.24) is 4.98 Å². The highest BCUT2D eigenvalue weighted by molar-refractivity contribution is 9.10. The normalized spacial score (nSPS) is 14.5.